The summed E-state index contributed by atoms with van der Waals surface area (Å²) < 4.78 is 5.56. The number of thioether (sulfide) groups is 1. The zero-order chi connectivity index (χ0) is 23.4. The molecule has 1 heterocycles. The summed E-state index contributed by atoms with van der Waals surface area (Å²) in [5, 5.41) is 12.1. The third kappa shape index (κ3) is 4.85. The normalized spacial score (nSPS) is 17.8. The first-order valence-electron chi connectivity index (χ1n) is 11.2. The van der Waals surface area contributed by atoms with E-state index in [0.29, 0.717) is 18.1 Å². The van der Waals surface area contributed by atoms with E-state index in [1.54, 1.807) is 0 Å². The monoisotopic (exact) mass is 468 g/mol. The van der Waals surface area contributed by atoms with Gasteiger partial charge in [-0.1, -0.05) is 61.9 Å². The second-order valence-electron chi connectivity index (χ2n) is 8.35. The first-order chi connectivity index (χ1) is 16.0. The van der Waals surface area contributed by atoms with Gasteiger partial charge >= 0.3 is 12.1 Å². The maximum Gasteiger partial charge on any atom is 0.407 e. The predicted octanol–water partition coefficient (Wildman–Crippen LogP) is 3.93. The summed E-state index contributed by atoms with van der Waals surface area (Å²) >= 11 is 1.43. The Morgan fingerprint density at radius 3 is 2.36 bits per heavy atom. The number of amides is 2. The Morgan fingerprint density at radius 1 is 1.12 bits per heavy atom. The number of carboxylic acids is 1. The van der Waals surface area contributed by atoms with Crippen molar-refractivity contribution in [2.75, 3.05) is 24.8 Å². The van der Waals surface area contributed by atoms with Gasteiger partial charge in [0.25, 0.3) is 0 Å². The van der Waals surface area contributed by atoms with E-state index in [9.17, 15) is 19.5 Å². The second kappa shape index (κ2) is 10.3. The lowest BCUT2D eigenvalue weighted by atomic mass is 9.98. The van der Waals surface area contributed by atoms with Gasteiger partial charge in [-0.15, -0.1) is 11.8 Å². The zero-order valence-corrected chi connectivity index (χ0v) is 19.3. The van der Waals surface area contributed by atoms with E-state index in [1.807, 2.05) is 31.2 Å². The van der Waals surface area contributed by atoms with E-state index in [4.69, 9.17) is 4.74 Å². The number of carbonyl (C=O) groups excluding carboxylic acids is 2. The Labute approximate surface area is 197 Å². The summed E-state index contributed by atoms with van der Waals surface area (Å²) in [7, 11) is 0. The molecule has 2 aliphatic rings. The molecular formula is C25H28N2O5S. The molecule has 8 heteroatoms. The number of ether oxygens (including phenoxy) is 1. The van der Waals surface area contributed by atoms with Crippen molar-refractivity contribution in [3.05, 3.63) is 59.7 Å². The highest BCUT2D eigenvalue weighted by atomic mass is 32.2. The van der Waals surface area contributed by atoms with E-state index in [2.05, 4.69) is 29.6 Å². The third-order valence-electron chi connectivity index (χ3n) is 6.27. The highest BCUT2D eigenvalue weighted by Crippen LogP contribution is 2.44. The summed E-state index contributed by atoms with van der Waals surface area (Å²) in [4.78, 5) is 38.3. The Kier molecular flexibility index (Phi) is 7.23. The molecule has 2 atom stereocenters. The quantitative estimate of drug-likeness (QED) is 0.610. The Hall–Kier alpha value is -3.00. The van der Waals surface area contributed by atoms with Crippen molar-refractivity contribution in [2.24, 2.45) is 5.92 Å². The lowest BCUT2D eigenvalue weighted by Crippen LogP contribution is -2.47. The molecule has 0 aromatic heterocycles. The molecule has 1 aliphatic carbocycles. The van der Waals surface area contributed by atoms with Crippen LogP contribution in [0, 0.1) is 5.92 Å². The predicted molar refractivity (Wildman–Crippen MR) is 127 cm³/mol. The number of fused-ring (bicyclic) bond motifs is 3. The van der Waals surface area contributed by atoms with Gasteiger partial charge in [-0.25, -0.2) is 9.59 Å². The average molecular weight is 469 g/mol. The van der Waals surface area contributed by atoms with E-state index in [1.165, 1.54) is 16.7 Å². The topological polar surface area (TPSA) is 95.9 Å². The summed E-state index contributed by atoms with van der Waals surface area (Å²) in [6, 6.07) is 15.4. The Balaban J connectivity index is 1.36. The van der Waals surface area contributed by atoms with Gasteiger partial charge in [-0.3, -0.25) is 4.79 Å². The molecule has 33 heavy (non-hydrogen) atoms. The average Bonchev–Trinajstić information content (AvgIpc) is 3.43. The minimum atomic E-state index is -0.993. The van der Waals surface area contributed by atoms with E-state index < -0.39 is 24.0 Å². The molecule has 0 saturated carbocycles. The smallest absolute Gasteiger partial charge is 0.407 e. The first kappa shape index (κ1) is 23.2. The number of hydrogen-bond donors (Lipinski definition) is 2. The molecule has 1 aliphatic heterocycles. The standard InChI is InChI=1S/C25H28N2O5S/c1-2-7-16(23(28)27-15-33-14-22(27)24(29)30)12-26-25(31)32-13-21-19-10-5-3-8-17(19)18-9-4-6-11-20(18)21/h3-6,8-11,16,21-22H,2,7,12-15H2,1H3,(H,26,31)(H,29,30)/t16?,22-/m0/s1. The van der Waals surface area contributed by atoms with Crippen molar-refractivity contribution in [3.8, 4) is 11.1 Å². The minimum Gasteiger partial charge on any atom is -0.480 e. The highest BCUT2D eigenvalue weighted by molar-refractivity contribution is 7.99. The fourth-order valence-electron chi connectivity index (χ4n) is 4.62. The molecule has 174 valence electrons. The van der Waals surface area contributed by atoms with E-state index >= 15 is 0 Å². The molecule has 2 aromatic carbocycles. The van der Waals surface area contributed by atoms with Gasteiger partial charge in [0, 0.05) is 18.2 Å². The largest absolute Gasteiger partial charge is 0.480 e. The fraction of sp³-hybridized carbons (Fsp3) is 0.400. The van der Waals surface area contributed by atoms with Crippen LogP contribution in [0.2, 0.25) is 0 Å². The van der Waals surface area contributed by atoms with Crippen molar-refractivity contribution in [2.45, 2.75) is 31.7 Å². The van der Waals surface area contributed by atoms with Crippen LogP contribution in [0.5, 0.6) is 0 Å². The van der Waals surface area contributed by atoms with Crippen LogP contribution in [0.25, 0.3) is 11.1 Å². The summed E-state index contributed by atoms with van der Waals surface area (Å²) in [5.41, 5.74) is 4.59. The Bertz CT molecular complexity index is 997. The molecule has 2 N–H and O–H groups in total. The number of benzene rings is 2. The van der Waals surface area contributed by atoms with Gasteiger partial charge in [0.2, 0.25) is 5.91 Å². The van der Waals surface area contributed by atoms with Gasteiger partial charge in [-0.2, -0.15) is 0 Å². The van der Waals surface area contributed by atoms with Crippen molar-refractivity contribution in [1.82, 2.24) is 10.2 Å². The van der Waals surface area contributed by atoms with Crippen LogP contribution in [-0.2, 0) is 14.3 Å². The number of nitrogens with zero attached hydrogens (tertiary/aromatic N) is 1. The first-order valence-corrected chi connectivity index (χ1v) is 12.4. The van der Waals surface area contributed by atoms with Gasteiger partial charge in [-0.05, 0) is 28.7 Å². The second-order valence-corrected chi connectivity index (χ2v) is 9.35. The molecular weight excluding hydrogens is 440 g/mol. The zero-order valence-electron chi connectivity index (χ0n) is 18.5. The van der Waals surface area contributed by atoms with Crippen molar-refractivity contribution < 1.29 is 24.2 Å². The minimum absolute atomic E-state index is 0.0332. The summed E-state index contributed by atoms with van der Waals surface area (Å²) in [6.45, 7) is 2.29. The molecule has 1 saturated heterocycles. The molecule has 4 rings (SSSR count). The van der Waals surface area contributed by atoms with Crippen LogP contribution in [-0.4, -0.2) is 58.8 Å². The molecule has 1 fully saturated rings. The lowest BCUT2D eigenvalue weighted by Gasteiger charge is -2.26. The van der Waals surface area contributed by atoms with Gasteiger partial charge in [0.15, 0.2) is 0 Å². The third-order valence-corrected chi connectivity index (χ3v) is 7.29. The van der Waals surface area contributed by atoms with Crippen molar-refractivity contribution in [1.29, 1.82) is 0 Å². The number of carbonyl (C=O) groups is 3. The van der Waals surface area contributed by atoms with E-state index in [-0.39, 0.29) is 25.0 Å². The number of alkyl carbamates (subject to hydrolysis) is 1. The SMILES string of the molecule is CCCC(CNC(=O)OCC1c2ccccc2-c2ccccc21)C(=O)N1CSC[C@H]1C(=O)O. The maximum absolute atomic E-state index is 13.0. The van der Waals surface area contributed by atoms with Crippen LogP contribution in [0.15, 0.2) is 48.5 Å². The van der Waals surface area contributed by atoms with Crippen molar-refractivity contribution in [3.63, 3.8) is 0 Å². The highest BCUT2D eigenvalue weighted by Gasteiger charge is 2.37. The number of rotatable bonds is 8. The van der Waals surface area contributed by atoms with Crippen LogP contribution < -0.4 is 5.32 Å². The number of hydrogen-bond acceptors (Lipinski definition) is 5. The van der Waals surface area contributed by atoms with Crippen LogP contribution >= 0.6 is 11.8 Å². The Morgan fingerprint density at radius 2 is 1.76 bits per heavy atom. The number of aliphatic carboxylic acids is 1. The van der Waals surface area contributed by atoms with Crippen molar-refractivity contribution >= 4 is 29.7 Å². The van der Waals surface area contributed by atoms with Gasteiger partial charge in [0.05, 0.1) is 11.8 Å². The molecule has 1 unspecified atom stereocenters. The number of nitrogens with one attached hydrogen (secondary N) is 1. The van der Waals surface area contributed by atoms with Gasteiger partial charge < -0.3 is 20.1 Å². The van der Waals surface area contributed by atoms with Crippen LogP contribution in [0.3, 0.4) is 0 Å². The summed E-state index contributed by atoms with van der Waals surface area (Å²) in [6.07, 6.45) is 0.744. The fourth-order valence-corrected chi connectivity index (χ4v) is 5.77. The van der Waals surface area contributed by atoms with Crippen LogP contribution in [0.1, 0.15) is 36.8 Å². The lowest BCUT2D eigenvalue weighted by molar-refractivity contribution is -0.149. The van der Waals surface area contributed by atoms with Crippen LogP contribution in [0.4, 0.5) is 4.79 Å². The number of carboxylic acid groups (broad SMARTS) is 1. The van der Waals surface area contributed by atoms with E-state index in [0.717, 1.165) is 28.7 Å². The molecule has 0 bridgehead atoms. The molecule has 7 nitrogen and oxygen atoms in total. The molecule has 0 radical (unpaired) electrons. The molecule has 0 spiro atoms. The molecule has 2 aromatic rings. The maximum atomic E-state index is 13.0. The summed E-state index contributed by atoms with van der Waals surface area (Å²) in [5.74, 6) is -0.979. The molecule has 2 amide bonds. The van der Waals surface area contributed by atoms with Gasteiger partial charge in [0.1, 0.15) is 12.6 Å².